The Bertz CT molecular complexity index is 523. The number of ether oxygens (including phenoxy) is 2. The molecule has 23 heavy (non-hydrogen) atoms. The van der Waals surface area contributed by atoms with E-state index in [-0.39, 0.29) is 18.0 Å². The summed E-state index contributed by atoms with van der Waals surface area (Å²) in [5.41, 5.74) is 0.599. The lowest BCUT2D eigenvalue weighted by molar-refractivity contribution is 0.0897. The van der Waals surface area contributed by atoms with Gasteiger partial charge in [-0.3, -0.25) is 4.79 Å². The molecule has 1 saturated heterocycles. The van der Waals surface area contributed by atoms with E-state index in [0.29, 0.717) is 36.2 Å². The summed E-state index contributed by atoms with van der Waals surface area (Å²) >= 11 is 0. The van der Waals surface area contributed by atoms with Crippen LogP contribution in [0.5, 0.6) is 11.5 Å². The molecule has 1 aromatic carbocycles. The molecule has 3 unspecified atom stereocenters. The molecule has 5 heteroatoms. The van der Waals surface area contributed by atoms with Gasteiger partial charge in [0, 0.05) is 17.6 Å². The molecule has 5 nitrogen and oxygen atoms in total. The Kier molecular flexibility index (Phi) is 6.28. The lowest BCUT2D eigenvalue weighted by atomic mass is 9.89. The molecular formula is C18H28N2O3. The number of hydrogen-bond acceptors (Lipinski definition) is 4. The van der Waals surface area contributed by atoms with Crippen LogP contribution in [0.2, 0.25) is 0 Å². The molecule has 128 valence electrons. The van der Waals surface area contributed by atoms with Gasteiger partial charge in [0.2, 0.25) is 0 Å². The maximum absolute atomic E-state index is 12.6. The van der Waals surface area contributed by atoms with Gasteiger partial charge in [-0.25, -0.2) is 0 Å². The maximum Gasteiger partial charge on any atom is 0.251 e. The smallest absolute Gasteiger partial charge is 0.251 e. The minimum Gasteiger partial charge on any atom is -0.490 e. The summed E-state index contributed by atoms with van der Waals surface area (Å²) in [6.07, 6.45) is 1.07. The van der Waals surface area contributed by atoms with Crippen LogP contribution < -0.4 is 20.1 Å². The molecule has 1 aromatic rings. The number of piperidine rings is 1. The first-order valence-corrected chi connectivity index (χ1v) is 8.50. The van der Waals surface area contributed by atoms with Crippen molar-refractivity contribution < 1.29 is 14.3 Å². The standard InChI is InChI=1S/C18H28N2O3/c1-5-22-15-8-7-14(11-16(15)23-6-2)18(21)20-17-12(3)9-10-19-13(17)4/h7-8,11-13,17,19H,5-6,9-10H2,1-4H3,(H,20,21). The number of amides is 1. The van der Waals surface area contributed by atoms with E-state index in [9.17, 15) is 4.79 Å². The Morgan fingerprint density at radius 3 is 2.57 bits per heavy atom. The van der Waals surface area contributed by atoms with E-state index in [1.54, 1.807) is 18.2 Å². The van der Waals surface area contributed by atoms with Crippen molar-refractivity contribution in [3.8, 4) is 11.5 Å². The number of hydrogen-bond donors (Lipinski definition) is 2. The molecule has 1 heterocycles. The summed E-state index contributed by atoms with van der Waals surface area (Å²) < 4.78 is 11.1. The van der Waals surface area contributed by atoms with Crippen LogP contribution in [-0.4, -0.2) is 37.7 Å². The van der Waals surface area contributed by atoms with Gasteiger partial charge in [-0.05, 0) is 57.9 Å². The van der Waals surface area contributed by atoms with Crippen molar-refractivity contribution in [3.05, 3.63) is 23.8 Å². The van der Waals surface area contributed by atoms with Crippen LogP contribution in [0.15, 0.2) is 18.2 Å². The number of carbonyl (C=O) groups excluding carboxylic acids is 1. The first kappa shape index (κ1) is 17.6. The number of carbonyl (C=O) groups is 1. The molecule has 0 saturated carbocycles. The molecule has 0 bridgehead atoms. The zero-order chi connectivity index (χ0) is 16.8. The first-order valence-electron chi connectivity index (χ1n) is 8.50. The molecule has 1 aliphatic heterocycles. The van der Waals surface area contributed by atoms with Gasteiger partial charge in [-0.1, -0.05) is 6.92 Å². The van der Waals surface area contributed by atoms with Gasteiger partial charge in [-0.15, -0.1) is 0 Å². The van der Waals surface area contributed by atoms with Crippen molar-refractivity contribution >= 4 is 5.91 Å². The maximum atomic E-state index is 12.6. The average Bonchev–Trinajstić information content (AvgIpc) is 2.53. The van der Waals surface area contributed by atoms with Crippen molar-refractivity contribution in [3.63, 3.8) is 0 Å². The highest BCUT2D eigenvalue weighted by Crippen LogP contribution is 2.28. The first-order chi connectivity index (χ1) is 11.1. The second-order valence-electron chi connectivity index (χ2n) is 6.04. The number of rotatable bonds is 6. The summed E-state index contributed by atoms with van der Waals surface area (Å²) in [6.45, 7) is 10.2. The van der Waals surface area contributed by atoms with E-state index in [4.69, 9.17) is 9.47 Å². The number of nitrogens with one attached hydrogen (secondary N) is 2. The minimum atomic E-state index is -0.0681. The normalized spacial score (nSPS) is 24.1. The summed E-state index contributed by atoms with van der Waals surface area (Å²) in [7, 11) is 0. The lowest BCUT2D eigenvalue weighted by Crippen LogP contribution is -2.55. The third-order valence-corrected chi connectivity index (χ3v) is 4.32. The van der Waals surface area contributed by atoms with Gasteiger partial charge in [0.05, 0.1) is 13.2 Å². The Labute approximate surface area is 138 Å². The highest BCUT2D eigenvalue weighted by Gasteiger charge is 2.29. The Balaban J connectivity index is 2.13. The largest absolute Gasteiger partial charge is 0.490 e. The molecule has 3 atom stereocenters. The third kappa shape index (κ3) is 4.38. The molecule has 0 aliphatic carbocycles. The van der Waals surface area contributed by atoms with Crippen molar-refractivity contribution in [2.45, 2.75) is 46.2 Å². The summed E-state index contributed by atoms with van der Waals surface area (Å²) in [5, 5.41) is 6.58. The van der Waals surface area contributed by atoms with Crippen LogP contribution in [0, 0.1) is 5.92 Å². The van der Waals surface area contributed by atoms with Crippen LogP contribution in [-0.2, 0) is 0 Å². The van der Waals surface area contributed by atoms with Gasteiger partial charge in [-0.2, -0.15) is 0 Å². The van der Waals surface area contributed by atoms with E-state index in [1.807, 2.05) is 13.8 Å². The number of benzene rings is 1. The summed E-state index contributed by atoms with van der Waals surface area (Å²) in [6, 6.07) is 5.76. The highest BCUT2D eigenvalue weighted by atomic mass is 16.5. The van der Waals surface area contributed by atoms with Crippen LogP contribution in [0.4, 0.5) is 0 Å². The molecule has 0 aromatic heterocycles. The van der Waals surface area contributed by atoms with Gasteiger partial charge in [0.25, 0.3) is 5.91 Å². The zero-order valence-electron chi connectivity index (χ0n) is 14.5. The summed E-state index contributed by atoms with van der Waals surface area (Å²) in [5.74, 6) is 1.68. The second-order valence-corrected chi connectivity index (χ2v) is 6.04. The average molecular weight is 320 g/mol. The lowest BCUT2D eigenvalue weighted by Gasteiger charge is -2.36. The minimum absolute atomic E-state index is 0.0681. The fourth-order valence-electron chi connectivity index (χ4n) is 3.03. The van der Waals surface area contributed by atoms with Crippen molar-refractivity contribution in [1.82, 2.24) is 10.6 Å². The van der Waals surface area contributed by atoms with Gasteiger partial charge in [0.1, 0.15) is 0 Å². The molecule has 2 rings (SSSR count). The molecular weight excluding hydrogens is 292 g/mol. The fraction of sp³-hybridized carbons (Fsp3) is 0.611. The molecule has 1 fully saturated rings. The SMILES string of the molecule is CCOc1ccc(C(=O)NC2C(C)CCNC2C)cc1OCC. The van der Waals surface area contributed by atoms with Gasteiger partial charge < -0.3 is 20.1 Å². The van der Waals surface area contributed by atoms with Crippen LogP contribution in [0.3, 0.4) is 0 Å². The topological polar surface area (TPSA) is 59.6 Å². The highest BCUT2D eigenvalue weighted by molar-refractivity contribution is 5.95. The van der Waals surface area contributed by atoms with Crippen LogP contribution in [0.25, 0.3) is 0 Å². The fourth-order valence-corrected chi connectivity index (χ4v) is 3.03. The van der Waals surface area contributed by atoms with Crippen molar-refractivity contribution in [2.75, 3.05) is 19.8 Å². The Hall–Kier alpha value is -1.75. The molecule has 2 N–H and O–H groups in total. The van der Waals surface area contributed by atoms with E-state index < -0.39 is 0 Å². The van der Waals surface area contributed by atoms with Crippen molar-refractivity contribution in [1.29, 1.82) is 0 Å². The molecule has 1 amide bonds. The summed E-state index contributed by atoms with van der Waals surface area (Å²) in [4.78, 5) is 12.6. The second kappa shape index (κ2) is 8.20. The zero-order valence-corrected chi connectivity index (χ0v) is 14.5. The van der Waals surface area contributed by atoms with E-state index >= 15 is 0 Å². The molecule has 0 radical (unpaired) electrons. The quantitative estimate of drug-likeness (QED) is 0.846. The predicted octanol–water partition coefficient (Wildman–Crippen LogP) is 2.60. The van der Waals surface area contributed by atoms with Gasteiger partial charge >= 0.3 is 0 Å². The molecule has 1 aliphatic rings. The molecule has 0 spiro atoms. The van der Waals surface area contributed by atoms with Crippen LogP contribution in [0.1, 0.15) is 44.5 Å². The Morgan fingerprint density at radius 2 is 1.91 bits per heavy atom. The third-order valence-electron chi connectivity index (χ3n) is 4.32. The monoisotopic (exact) mass is 320 g/mol. The van der Waals surface area contributed by atoms with Crippen LogP contribution >= 0.6 is 0 Å². The Morgan fingerprint density at radius 1 is 1.22 bits per heavy atom. The van der Waals surface area contributed by atoms with E-state index in [1.165, 1.54) is 0 Å². The van der Waals surface area contributed by atoms with E-state index in [2.05, 4.69) is 24.5 Å². The van der Waals surface area contributed by atoms with E-state index in [0.717, 1.165) is 13.0 Å². The predicted molar refractivity (Wildman–Crippen MR) is 91.3 cm³/mol. The van der Waals surface area contributed by atoms with Gasteiger partial charge in [0.15, 0.2) is 11.5 Å². The van der Waals surface area contributed by atoms with Crippen molar-refractivity contribution in [2.24, 2.45) is 5.92 Å².